The summed E-state index contributed by atoms with van der Waals surface area (Å²) in [6, 6.07) is 3.91. The minimum Gasteiger partial charge on any atom is -0.381 e. The van der Waals surface area contributed by atoms with E-state index in [1.165, 1.54) is 4.68 Å². The number of halogens is 1. The number of sulfonamides is 1. The Balaban J connectivity index is 2.08. The Kier molecular flexibility index (Phi) is 4.52. The first-order valence-electron chi connectivity index (χ1n) is 5.84. The third kappa shape index (κ3) is 3.22. The number of rotatable bonds is 5. The van der Waals surface area contributed by atoms with Crippen LogP contribution in [0.1, 0.15) is 10.6 Å². The molecule has 110 valence electrons. The van der Waals surface area contributed by atoms with Crippen molar-refractivity contribution < 1.29 is 8.42 Å². The van der Waals surface area contributed by atoms with Crippen LogP contribution < -0.4 is 10.5 Å². The average molecular weight is 379 g/mol. The molecule has 0 radical (unpaired) electrons. The standard InChI is InChI=1S/C11H15BrN4O2S2/c1-7-10(11(13)15-16(7)2)20(17,18)14-6-5-8-3-4-9(12)19-8/h3-4,14H,5-6H2,1-2H3,(H2,13,15). The van der Waals surface area contributed by atoms with E-state index in [4.69, 9.17) is 5.73 Å². The van der Waals surface area contributed by atoms with Gasteiger partial charge in [-0.05, 0) is 41.4 Å². The van der Waals surface area contributed by atoms with Crippen LogP contribution in [0.4, 0.5) is 5.82 Å². The smallest absolute Gasteiger partial charge is 0.246 e. The van der Waals surface area contributed by atoms with Gasteiger partial charge in [0.15, 0.2) is 5.82 Å². The zero-order valence-electron chi connectivity index (χ0n) is 11.1. The van der Waals surface area contributed by atoms with E-state index in [0.29, 0.717) is 18.7 Å². The molecular weight excluding hydrogens is 364 g/mol. The fourth-order valence-corrected chi connectivity index (χ4v) is 4.65. The molecule has 2 aromatic heterocycles. The topological polar surface area (TPSA) is 90.0 Å². The van der Waals surface area contributed by atoms with Crippen LogP contribution >= 0.6 is 27.3 Å². The number of aromatic nitrogens is 2. The first-order valence-corrected chi connectivity index (χ1v) is 8.93. The maximum atomic E-state index is 12.2. The van der Waals surface area contributed by atoms with E-state index >= 15 is 0 Å². The van der Waals surface area contributed by atoms with Crippen molar-refractivity contribution in [3.05, 3.63) is 26.5 Å². The summed E-state index contributed by atoms with van der Waals surface area (Å²) in [5.41, 5.74) is 6.18. The molecule has 2 heterocycles. The molecule has 0 aliphatic carbocycles. The van der Waals surface area contributed by atoms with Crippen LogP contribution in [0.15, 0.2) is 20.8 Å². The second-order valence-electron chi connectivity index (χ2n) is 4.28. The molecule has 2 rings (SSSR count). The van der Waals surface area contributed by atoms with Gasteiger partial charge in [0, 0.05) is 18.5 Å². The first kappa shape index (κ1) is 15.5. The third-order valence-electron chi connectivity index (χ3n) is 2.87. The van der Waals surface area contributed by atoms with Crippen molar-refractivity contribution in [1.29, 1.82) is 0 Å². The molecule has 0 atom stereocenters. The number of thiophene rings is 1. The van der Waals surface area contributed by atoms with Crippen molar-refractivity contribution in [3.8, 4) is 0 Å². The van der Waals surface area contributed by atoms with Crippen molar-refractivity contribution in [2.45, 2.75) is 18.2 Å². The Bertz CT molecular complexity index is 721. The second kappa shape index (κ2) is 5.84. The molecule has 3 N–H and O–H groups in total. The monoisotopic (exact) mass is 378 g/mol. The zero-order valence-corrected chi connectivity index (χ0v) is 14.3. The summed E-state index contributed by atoms with van der Waals surface area (Å²) in [5.74, 6) is 0.0244. The van der Waals surface area contributed by atoms with Crippen LogP contribution in [0, 0.1) is 6.92 Å². The summed E-state index contributed by atoms with van der Waals surface area (Å²) in [4.78, 5) is 1.17. The lowest BCUT2D eigenvalue weighted by Crippen LogP contribution is -2.26. The predicted molar refractivity (Wildman–Crippen MR) is 83.3 cm³/mol. The lowest BCUT2D eigenvalue weighted by Gasteiger charge is -2.06. The molecule has 6 nitrogen and oxygen atoms in total. The highest BCUT2D eigenvalue weighted by molar-refractivity contribution is 9.11. The fraction of sp³-hybridized carbons (Fsp3) is 0.364. The Labute approximate surface area is 130 Å². The van der Waals surface area contributed by atoms with E-state index in [9.17, 15) is 8.42 Å². The van der Waals surface area contributed by atoms with Crippen LogP contribution in [-0.2, 0) is 23.5 Å². The molecule has 0 fully saturated rings. The van der Waals surface area contributed by atoms with Crippen molar-refractivity contribution in [3.63, 3.8) is 0 Å². The summed E-state index contributed by atoms with van der Waals surface area (Å²) < 4.78 is 29.5. The molecule has 0 saturated carbocycles. The number of hydrogen-bond acceptors (Lipinski definition) is 5. The number of nitrogens with zero attached hydrogens (tertiary/aromatic N) is 2. The minimum atomic E-state index is -3.63. The molecule has 2 aromatic rings. The van der Waals surface area contributed by atoms with Crippen LogP contribution in [0.25, 0.3) is 0 Å². The van der Waals surface area contributed by atoms with Gasteiger partial charge in [0.2, 0.25) is 10.0 Å². The van der Waals surface area contributed by atoms with Gasteiger partial charge in [-0.1, -0.05) is 0 Å². The predicted octanol–water partition coefficient (Wildman–Crippen LogP) is 1.66. The van der Waals surface area contributed by atoms with Crippen LogP contribution in [-0.4, -0.2) is 24.7 Å². The number of hydrogen-bond donors (Lipinski definition) is 2. The normalized spacial score (nSPS) is 11.9. The summed E-state index contributed by atoms with van der Waals surface area (Å²) in [7, 11) is -1.97. The lowest BCUT2D eigenvalue weighted by molar-refractivity contribution is 0.581. The lowest BCUT2D eigenvalue weighted by atomic mass is 10.3. The largest absolute Gasteiger partial charge is 0.381 e. The van der Waals surface area contributed by atoms with E-state index in [1.807, 2.05) is 12.1 Å². The van der Waals surface area contributed by atoms with Gasteiger partial charge in [0.1, 0.15) is 4.90 Å². The quantitative estimate of drug-likeness (QED) is 0.827. The van der Waals surface area contributed by atoms with Gasteiger partial charge < -0.3 is 5.73 Å². The van der Waals surface area contributed by atoms with Crippen molar-refractivity contribution in [1.82, 2.24) is 14.5 Å². The highest BCUT2D eigenvalue weighted by Crippen LogP contribution is 2.23. The van der Waals surface area contributed by atoms with Gasteiger partial charge >= 0.3 is 0 Å². The zero-order chi connectivity index (χ0) is 14.9. The number of nitrogens with two attached hydrogens (primary N) is 1. The fourth-order valence-electron chi connectivity index (χ4n) is 1.81. The molecule has 0 aliphatic rings. The van der Waals surface area contributed by atoms with E-state index < -0.39 is 10.0 Å². The van der Waals surface area contributed by atoms with Gasteiger partial charge in [0.25, 0.3) is 0 Å². The molecule has 0 spiro atoms. The van der Waals surface area contributed by atoms with Gasteiger partial charge in [-0.2, -0.15) is 5.10 Å². The van der Waals surface area contributed by atoms with Crippen LogP contribution in [0.3, 0.4) is 0 Å². The number of nitrogens with one attached hydrogen (secondary N) is 1. The number of nitrogen functional groups attached to an aromatic ring is 1. The second-order valence-corrected chi connectivity index (χ2v) is 8.53. The molecule has 0 saturated heterocycles. The molecule has 0 aromatic carbocycles. The Morgan fingerprint density at radius 1 is 1.50 bits per heavy atom. The van der Waals surface area contributed by atoms with Crippen molar-refractivity contribution in [2.75, 3.05) is 12.3 Å². The average Bonchev–Trinajstić information content (AvgIpc) is 2.84. The third-order valence-corrected chi connectivity index (χ3v) is 6.18. The van der Waals surface area contributed by atoms with E-state index in [-0.39, 0.29) is 10.7 Å². The summed E-state index contributed by atoms with van der Waals surface area (Å²) >= 11 is 4.96. The Morgan fingerprint density at radius 3 is 2.70 bits per heavy atom. The summed E-state index contributed by atoms with van der Waals surface area (Å²) in [6.45, 7) is 2.00. The first-order chi connectivity index (χ1) is 9.31. The SMILES string of the molecule is Cc1c(S(=O)(=O)NCCc2ccc(Br)s2)c(N)nn1C. The van der Waals surface area contributed by atoms with E-state index in [0.717, 1.165) is 8.66 Å². The molecule has 0 aliphatic heterocycles. The highest BCUT2D eigenvalue weighted by atomic mass is 79.9. The van der Waals surface area contributed by atoms with Crippen molar-refractivity contribution >= 4 is 43.1 Å². The summed E-state index contributed by atoms with van der Waals surface area (Å²) in [6.07, 6.45) is 0.634. The minimum absolute atomic E-state index is 0.0244. The number of anilines is 1. The van der Waals surface area contributed by atoms with E-state index in [1.54, 1.807) is 25.3 Å². The molecule has 0 bridgehead atoms. The van der Waals surface area contributed by atoms with Gasteiger partial charge in [0.05, 0.1) is 9.48 Å². The highest BCUT2D eigenvalue weighted by Gasteiger charge is 2.24. The maximum absolute atomic E-state index is 12.2. The molecule has 20 heavy (non-hydrogen) atoms. The summed E-state index contributed by atoms with van der Waals surface area (Å²) in [5, 5.41) is 3.92. The molecule has 0 unspecified atom stereocenters. The molecule has 0 amide bonds. The van der Waals surface area contributed by atoms with Gasteiger partial charge in [-0.3, -0.25) is 4.68 Å². The molecular formula is C11H15BrN4O2S2. The van der Waals surface area contributed by atoms with Gasteiger partial charge in [-0.25, -0.2) is 13.1 Å². The molecule has 9 heteroatoms. The van der Waals surface area contributed by atoms with E-state index in [2.05, 4.69) is 25.8 Å². The van der Waals surface area contributed by atoms with Gasteiger partial charge in [-0.15, -0.1) is 11.3 Å². The maximum Gasteiger partial charge on any atom is 0.246 e. The number of aryl methyl sites for hydroxylation is 1. The van der Waals surface area contributed by atoms with Crippen LogP contribution in [0.2, 0.25) is 0 Å². The Hall–Kier alpha value is -0.900. The Morgan fingerprint density at radius 2 is 2.20 bits per heavy atom. The van der Waals surface area contributed by atoms with Crippen molar-refractivity contribution in [2.24, 2.45) is 7.05 Å². The van der Waals surface area contributed by atoms with Crippen LogP contribution in [0.5, 0.6) is 0 Å².